The van der Waals surface area contributed by atoms with E-state index in [2.05, 4.69) is 0 Å². The average molecular weight is 499 g/mol. The van der Waals surface area contributed by atoms with Crippen LogP contribution in [-0.2, 0) is 33.3 Å². The number of rotatable bonds is 9. The maximum atomic E-state index is 12.7. The molecule has 0 radical (unpaired) electrons. The first-order chi connectivity index (χ1) is 16.3. The molecule has 0 aromatic heterocycles. The second kappa shape index (κ2) is 14.8. The standard InChI is InChI=1S/C24H36O7S.C2H6/c1-18-11-13-22(14-12-18)32(26,27)29-17-21(31-24-10-6-7-15-28-24)16-20-8-4-3-5-9-23(20)30-19(2)25;1-2/h11-14,20-21,23-24H,3-10,15-17H2,1-2H3;1-2H3/t20-,21+,23+,24?;/m0./s1. The van der Waals surface area contributed by atoms with Crippen molar-refractivity contribution >= 4 is 16.1 Å². The van der Waals surface area contributed by atoms with Crippen molar-refractivity contribution in [3.05, 3.63) is 29.8 Å². The Balaban J connectivity index is 0.00000199. The lowest BCUT2D eigenvalue weighted by atomic mass is 9.91. The summed E-state index contributed by atoms with van der Waals surface area (Å²) >= 11 is 0. The second-order valence-electron chi connectivity index (χ2n) is 8.89. The predicted molar refractivity (Wildman–Crippen MR) is 131 cm³/mol. The number of benzene rings is 1. The smallest absolute Gasteiger partial charge is 0.302 e. The van der Waals surface area contributed by atoms with Crippen molar-refractivity contribution < 1.29 is 31.6 Å². The van der Waals surface area contributed by atoms with Gasteiger partial charge in [-0.3, -0.25) is 8.98 Å². The summed E-state index contributed by atoms with van der Waals surface area (Å²) in [6, 6.07) is 6.59. The van der Waals surface area contributed by atoms with E-state index in [4.69, 9.17) is 18.4 Å². The molecule has 0 bridgehead atoms. The lowest BCUT2D eigenvalue weighted by Gasteiger charge is -2.32. The summed E-state index contributed by atoms with van der Waals surface area (Å²) in [5.41, 5.74) is 0.976. The zero-order chi connectivity index (χ0) is 25.0. The fraction of sp³-hybridized carbons (Fsp3) is 0.731. The number of esters is 1. The van der Waals surface area contributed by atoms with Crippen LogP contribution in [0.1, 0.15) is 84.1 Å². The van der Waals surface area contributed by atoms with Crippen molar-refractivity contribution in [3.63, 3.8) is 0 Å². The summed E-state index contributed by atoms with van der Waals surface area (Å²) in [5.74, 6) is -0.186. The van der Waals surface area contributed by atoms with Crippen LogP contribution in [0.5, 0.6) is 0 Å². The van der Waals surface area contributed by atoms with E-state index in [9.17, 15) is 13.2 Å². The van der Waals surface area contributed by atoms with Gasteiger partial charge in [0.25, 0.3) is 10.1 Å². The molecule has 194 valence electrons. The highest BCUT2D eigenvalue weighted by atomic mass is 32.2. The summed E-state index contributed by atoms with van der Waals surface area (Å²) in [7, 11) is -3.90. The summed E-state index contributed by atoms with van der Waals surface area (Å²) < 4.78 is 48.4. The molecule has 1 heterocycles. The van der Waals surface area contributed by atoms with Crippen LogP contribution in [0, 0.1) is 12.8 Å². The van der Waals surface area contributed by atoms with Crippen molar-refractivity contribution in [3.8, 4) is 0 Å². The van der Waals surface area contributed by atoms with Crippen LogP contribution in [0.2, 0.25) is 0 Å². The van der Waals surface area contributed by atoms with Gasteiger partial charge in [-0.25, -0.2) is 0 Å². The van der Waals surface area contributed by atoms with Crippen LogP contribution in [0.3, 0.4) is 0 Å². The van der Waals surface area contributed by atoms with Gasteiger partial charge in [-0.2, -0.15) is 8.42 Å². The van der Waals surface area contributed by atoms with E-state index in [0.717, 1.165) is 56.9 Å². The number of carbonyl (C=O) groups is 1. The number of hydrogen-bond acceptors (Lipinski definition) is 7. The minimum Gasteiger partial charge on any atom is -0.462 e. The molecule has 0 spiro atoms. The lowest BCUT2D eigenvalue weighted by molar-refractivity contribution is -0.198. The van der Waals surface area contributed by atoms with Crippen molar-refractivity contribution in [1.82, 2.24) is 0 Å². The predicted octanol–water partition coefficient (Wildman–Crippen LogP) is 5.54. The van der Waals surface area contributed by atoms with Crippen LogP contribution in [0.4, 0.5) is 0 Å². The van der Waals surface area contributed by atoms with Crippen LogP contribution in [0.25, 0.3) is 0 Å². The third-order valence-electron chi connectivity index (χ3n) is 6.17. The number of ether oxygens (including phenoxy) is 3. The van der Waals surface area contributed by atoms with Crippen LogP contribution in [-0.4, -0.2) is 46.1 Å². The molecule has 1 unspecified atom stereocenters. The van der Waals surface area contributed by atoms with Gasteiger partial charge in [0.1, 0.15) is 6.10 Å². The third-order valence-corrected chi connectivity index (χ3v) is 7.47. The first-order valence-electron chi connectivity index (χ1n) is 12.7. The van der Waals surface area contributed by atoms with Gasteiger partial charge in [0.15, 0.2) is 6.29 Å². The Labute approximate surface area is 205 Å². The first-order valence-corrected chi connectivity index (χ1v) is 14.1. The topological polar surface area (TPSA) is 88.1 Å². The summed E-state index contributed by atoms with van der Waals surface area (Å²) in [5, 5.41) is 0. The lowest BCUT2D eigenvalue weighted by Crippen LogP contribution is -2.35. The van der Waals surface area contributed by atoms with Crippen molar-refractivity contribution in [2.24, 2.45) is 5.92 Å². The molecule has 1 aromatic carbocycles. The highest BCUT2D eigenvalue weighted by Crippen LogP contribution is 2.31. The zero-order valence-corrected chi connectivity index (χ0v) is 22.0. The molecule has 3 rings (SSSR count). The van der Waals surface area contributed by atoms with E-state index in [1.54, 1.807) is 24.3 Å². The van der Waals surface area contributed by atoms with Gasteiger partial charge in [-0.1, -0.05) is 44.4 Å². The van der Waals surface area contributed by atoms with Crippen molar-refractivity contribution in [2.75, 3.05) is 13.2 Å². The molecule has 2 fully saturated rings. The number of hydrogen-bond donors (Lipinski definition) is 0. The highest BCUT2D eigenvalue weighted by molar-refractivity contribution is 7.86. The van der Waals surface area contributed by atoms with Gasteiger partial charge in [0.2, 0.25) is 0 Å². The van der Waals surface area contributed by atoms with Gasteiger partial charge in [0, 0.05) is 13.5 Å². The Morgan fingerprint density at radius 3 is 2.35 bits per heavy atom. The van der Waals surface area contributed by atoms with Crippen LogP contribution < -0.4 is 0 Å². The molecular formula is C26H42O7S. The Morgan fingerprint density at radius 2 is 1.71 bits per heavy atom. The molecule has 2 aliphatic rings. The molecule has 1 aliphatic carbocycles. The van der Waals surface area contributed by atoms with E-state index in [-0.39, 0.29) is 35.8 Å². The molecule has 4 atom stereocenters. The van der Waals surface area contributed by atoms with E-state index in [1.807, 2.05) is 20.8 Å². The van der Waals surface area contributed by atoms with Gasteiger partial charge >= 0.3 is 5.97 Å². The Hall–Kier alpha value is -1.48. The van der Waals surface area contributed by atoms with E-state index in [1.165, 1.54) is 6.92 Å². The molecule has 1 saturated heterocycles. The molecule has 0 amide bonds. The second-order valence-corrected chi connectivity index (χ2v) is 10.5. The molecule has 1 saturated carbocycles. The van der Waals surface area contributed by atoms with Crippen LogP contribution >= 0.6 is 0 Å². The molecule has 34 heavy (non-hydrogen) atoms. The molecular weight excluding hydrogens is 456 g/mol. The fourth-order valence-corrected chi connectivity index (χ4v) is 5.40. The minimum absolute atomic E-state index is 0.0978. The van der Waals surface area contributed by atoms with E-state index in [0.29, 0.717) is 13.0 Å². The number of carbonyl (C=O) groups excluding carboxylic acids is 1. The first kappa shape index (κ1) is 28.8. The summed E-state index contributed by atoms with van der Waals surface area (Å²) in [6.45, 7) is 7.87. The largest absolute Gasteiger partial charge is 0.462 e. The van der Waals surface area contributed by atoms with Gasteiger partial charge in [-0.15, -0.1) is 0 Å². The monoisotopic (exact) mass is 498 g/mol. The highest BCUT2D eigenvalue weighted by Gasteiger charge is 2.32. The van der Waals surface area contributed by atoms with Gasteiger partial charge < -0.3 is 14.2 Å². The number of aryl methyl sites for hydroxylation is 1. The molecule has 7 nitrogen and oxygen atoms in total. The van der Waals surface area contributed by atoms with Gasteiger partial charge in [-0.05, 0) is 69.9 Å². The SMILES string of the molecule is CC.CC(=O)O[C@@H]1CCCCC[C@H]1C[C@H](COS(=O)(=O)c1ccc(C)cc1)OC1CCCCO1. The fourth-order valence-electron chi connectivity index (χ4n) is 4.46. The summed E-state index contributed by atoms with van der Waals surface area (Å²) in [4.78, 5) is 11.8. The normalized spacial score (nSPS) is 24.3. The Bertz CT molecular complexity index is 816. The van der Waals surface area contributed by atoms with E-state index < -0.39 is 16.2 Å². The molecule has 8 heteroatoms. The van der Waals surface area contributed by atoms with Crippen molar-refractivity contribution in [1.29, 1.82) is 0 Å². The van der Waals surface area contributed by atoms with Crippen molar-refractivity contribution in [2.45, 2.75) is 109 Å². The Kier molecular flexibility index (Phi) is 12.5. The molecule has 1 aliphatic heterocycles. The zero-order valence-electron chi connectivity index (χ0n) is 21.2. The Morgan fingerprint density at radius 1 is 1.03 bits per heavy atom. The van der Waals surface area contributed by atoms with Gasteiger partial charge in [0.05, 0.1) is 17.6 Å². The third kappa shape index (κ3) is 9.64. The minimum atomic E-state index is -3.90. The molecule has 1 aromatic rings. The van der Waals surface area contributed by atoms with Crippen LogP contribution in [0.15, 0.2) is 29.2 Å². The quantitative estimate of drug-likeness (QED) is 0.251. The maximum absolute atomic E-state index is 12.7. The maximum Gasteiger partial charge on any atom is 0.302 e. The molecule has 0 N–H and O–H groups in total. The van der Waals surface area contributed by atoms with E-state index >= 15 is 0 Å². The summed E-state index contributed by atoms with van der Waals surface area (Å²) in [6.07, 6.45) is 7.23. The average Bonchev–Trinajstić information content (AvgIpc) is 3.04.